The fourth-order valence-corrected chi connectivity index (χ4v) is 1.46. The molecule has 0 heterocycles. The summed E-state index contributed by atoms with van der Waals surface area (Å²) in [7, 11) is 0. The predicted octanol–water partition coefficient (Wildman–Crippen LogP) is 2.20. The van der Waals surface area contributed by atoms with Crippen LogP contribution in [0.2, 0.25) is 5.02 Å². The van der Waals surface area contributed by atoms with Gasteiger partial charge in [0.15, 0.2) is 6.29 Å². The molecule has 0 saturated heterocycles. The molecule has 0 aliphatic rings. The van der Waals surface area contributed by atoms with E-state index >= 15 is 0 Å². The Balaban J connectivity index is 3.30. The number of hydrogen-bond acceptors (Lipinski definition) is 4. The normalized spacial score (nSPS) is 9.31. The zero-order valence-electron chi connectivity index (χ0n) is 8.49. The van der Waals surface area contributed by atoms with Gasteiger partial charge in [-0.2, -0.15) is 5.26 Å². The van der Waals surface area contributed by atoms with Crippen molar-refractivity contribution in [3.8, 4) is 6.07 Å². The summed E-state index contributed by atoms with van der Waals surface area (Å²) in [4.78, 5) is 22.0. The topological polar surface area (TPSA) is 67.2 Å². The van der Waals surface area contributed by atoms with Gasteiger partial charge in [-0.25, -0.2) is 4.79 Å². The molecule has 4 nitrogen and oxygen atoms in total. The molecule has 0 amide bonds. The number of ether oxygens (including phenoxy) is 1. The minimum absolute atomic E-state index is 0.0118. The van der Waals surface area contributed by atoms with E-state index in [1.54, 1.807) is 13.0 Å². The van der Waals surface area contributed by atoms with Crippen LogP contribution < -0.4 is 0 Å². The molecule has 5 heteroatoms. The first-order valence-electron chi connectivity index (χ1n) is 4.50. The molecule has 0 atom stereocenters. The molecule has 82 valence electrons. The number of halogens is 1. The molecule has 0 aromatic heterocycles. The van der Waals surface area contributed by atoms with E-state index in [2.05, 4.69) is 0 Å². The average Bonchev–Trinajstić information content (AvgIpc) is 2.28. The van der Waals surface area contributed by atoms with Crippen LogP contribution in [-0.2, 0) is 4.74 Å². The lowest BCUT2D eigenvalue weighted by Crippen LogP contribution is -2.07. The molecule has 0 aliphatic carbocycles. The molecular weight excluding hydrogens is 230 g/mol. The van der Waals surface area contributed by atoms with Crippen LogP contribution in [0.4, 0.5) is 0 Å². The van der Waals surface area contributed by atoms with Gasteiger partial charge in [-0.3, -0.25) is 4.79 Å². The van der Waals surface area contributed by atoms with Gasteiger partial charge in [-0.05, 0) is 19.1 Å². The predicted molar refractivity (Wildman–Crippen MR) is 57.5 cm³/mol. The first kappa shape index (κ1) is 12.2. The third-order valence-corrected chi connectivity index (χ3v) is 2.30. The maximum atomic E-state index is 11.4. The number of carbonyl (C=O) groups excluding carboxylic acids is 2. The van der Waals surface area contributed by atoms with E-state index in [0.29, 0.717) is 6.29 Å². The molecule has 1 aromatic carbocycles. The summed E-state index contributed by atoms with van der Waals surface area (Å²) < 4.78 is 4.76. The smallest absolute Gasteiger partial charge is 0.339 e. The fourth-order valence-electron chi connectivity index (χ4n) is 1.17. The molecular formula is C11H8ClNO3. The minimum Gasteiger partial charge on any atom is -0.462 e. The van der Waals surface area contributed by atoms with Crippen molar-refractivity contribution < 1.29 is 14.3 Å². The molecule has 1 aromatic rings. The standard InChI is InChI=1S/C11H8ClNO3/c1-2-16-11(15)8-4-3-7(6-14)9(5-13)10(8)12/h3-4,6H,2H2,1H3. The van der Waals surface area contributed by atoms with Crippen LogP contribution in [0.15, 0.2) is 12.1 Å². The first-order valence-corrected chi connectivity index (χ1v) is 4.88. The molecule has 16 heavy (non-hydrogen) atoms. The Bertz CT molecular complexity index is 477. The summed E-state index contributed by atoms with van der Waals surface area (Å²) in [5, 5.41) is 8.77. The molecule has 0 fully saturated rings. The zero-order chi connectivity index (χ0) is 12.1. The molecule has 0 bridgehead atoms. The lowest BCUT2D eigenvalue weighted by Gasteiger charge is -2.06. The van der Waals surface area contributed by atoms with Crippen LogP contribution in [0, 0.1) is 11.3 Å². The first-order chi connectivity index (χ1) is 7.65. The van der Waals surface area contributed by atoms with E-state index in [0.717, 1.165) is 0 Å². The monoisotopic (exact) mass is 237 g/mol. The van der Waals surface area contributed by atoms with Gasteiger partial charge in [-0.1, -0.05) is 11.6 Å². The van der Waals surface area contributed by atoms with E-state index < -0.39 is 5.97 Å². The Morgan fingerprint density at radius 1 is 1.62 bits per heavy atom. The van der Waals surface area contributed by atoms with Crippen LogP contribution in [-0.4, -0.2) is 18.9 Å². The summed E-state index contributed by atoms with van der Waals surface area (Å²) in [5.41, 5.74) is 0.230. The number of aldehydes is 1. The van der Waals surface area contributed by atoms with E-state index in [4.69, 9.17) is 21.6 Å². The average molecular weight is 238 g/mol. The highest BCUT2D eigenvalue weighted by atomic mass is 35.5. The number of rotatable bonds is 3. The number of nitrogens with zero attached hydrogens (tertiary/aromatic N) is 1. The molecule has 0 spiro atoms. The largest absolute Gasteiger partial charge is 0.462 e. The lowest BCUT2D eigenvalue weighted by atomic mass is 10.1. The third-order valence-electron chi connectivity index (χ3n) is 1.91. The molecule has 0 radical (unpaired) electrons. The Kier molecular flexibility index (Phi) is 4.03. The van der Waals surface area contributed by atoms with Gasteiger partial charge >= 0.3 is 5.97 Å². The number of hydrogen-bond donors (Lipinski definition) is 0. The van der Waals surface area contributed by atoms with Crippen molar-refractivity contribution in [3.63, 3.8) is 0 Å². The number of carbonyl (C=O) groups is 2. The quantitative estimate of drug-likeness (QED) is 0.597. The second-order valence-corrected chi connectivity index (χ2v) is 3.22. The Morgan fingerprint density at radius 3 is 2.81 bits per heavy atom. The minimum atomic E-state index is -0.610. The summed E-state index contributed by atoms with van der Waals surface area (Å²) >= 11 is 5.84. The van der Waals surface area contributed by atoms with Crippen molar-refractivity contribution in [1.82, 2.24) is 0 Å². The SMILES string of the molecule is CCOC(=O)c1ccc(C=O)c(C#N)c1Cl. The Hall–Kier alpha value is -1.86. The van der Waals surface area contributed by atoms with Crippen LogP contribution in [0.1, 0.15) is 33.2 Å². The van der Waals surface area contributed by atoms with Gasteiger partial charge < -0.3 is 4.74 Å². The zero-order valence-corrected chi connectivity index (χ0v) is 9.25. The maximum absolute atomic E-state index is 11.4. The highest BCUT2D eigenvalue weighted by Gasteiger charge is 2.17. The fraction of sp³-hybridized carbons (Fsp3) is 0.182. The van der Waals surface area contributed by atoms with Gasteiger partial charge in [0.25, 0.3) is 0 Å². The van der Waals surface area contributed by atoms with Crippen molar-refractivity contribution in [2.75, 3.05) is 6.61 Å². The Morgan fingerprint density at radius 2 is 2.31 bits per heavy atom. The summed E-state index contributed by atoms with van der Waals surface area (Å²) in [6.07, 6.45) is 0.513. The summed E-state index contributed by atoms with van der Waals surface area (Å²) in [6.45, 7) is 1.88. The third kappa shape index (κ3) is 2.20. The van der Waals surface area contributed by atoms with E-state index in [-0.39, 0.29) is 28.3 Å². The maximum Gasteiger partial charge on any atom is 0.339 e. The van der Waals surface area contributed by atoms with Crippen LogP contribution in [0.5, 0.6) is 0 Å². The lowest BCUT2D eigenvalue weighted by molar-refractivity contribution is 0.0526. The van der Waals surface area contributed by atoms with Crippen LogP contribution in [0.3, 0.4) is 0 Å². The van der Waals surface area contributed by atoms with Gasteiger partial charge in [0.1, 0.15) is 6.07 Å². The molecule has 0 N–H and O–H groups in total. The highest BCUT2D eigenvalue weighted by Crippen LogP contribution is 2.24. The molecule has 0 unspecified atom stereocenters. The van der Waals surface area contributed by atoms with Crippen molar-refractivity contribution in [2.45, 2.75) is 6.92 Å². The van der Waals surface area contributed by atoms with Crippen LogP contribution >= 0.6 is 11.6 Å². The highest BCUT2D eigenvalue weighted by molar-refractivity contribution is 6.35. The Labute approximate surface area is 97.4 Å². The number of benzene rings is 1. The molecule has 1 rings (SSSR count). The second kappa shape index (κ2) is 5.29. The van der Waals surface area contributed by atoms with Crippen molar-refractivity contribution in [1.29, 1.82) is 5.26 Å². The van der Waals surface area contributed by atoms with Gasteiger partial charge in [0, 0.05) is 5.56 Å². The number of nitriles is 1. The summed E-state index contributed by atoms with van der Waals surface area (Å²) in [5.74, 6) is -0.610. The number of esters is 1. The van der Waals surface area contributed by atoms with Gasteiger partial charge in [0.2, 0.25) is 0 Å². The van der Waals surface area contributed by atoms with E-state index in [1.165, 1.54) is 12.1 Å². The van der Waals surface area contributed by atoms with Crippen molar-refractivity contribution in [3.05, 3.63) is 33.8 Å². The van der Waals surface area contributed by atoms with Crippen molar-refractivity contribution in [2.24, 2.45) is 0 Å². The van der Waals surface area contributed by atoms with E-state index in [9.17, 15) is 9.59 Å². The van der Waals surface area contributed by atoms with Crippen molar-refractivity contribution >= 4 is 23.9 Å². The molecule has 0 saturated carbocycles. The van der Waals surface area contributed by atoms with E-state index in [1.807, 2.05) is 0 Å². The van der Waals surface area contributed by atoms with Gasteiger partial charge in [0.05, 0.1) is 22.8 Å². The van der Waals surface area contributed by atoms with Crippen LogP contribution in [0.25, 0.3) is 0 Å². The summed E-state index contributed by atoms with van der Waals surface area (Å²) in [6, 6.07) is 4.51. The second-order valence-electron chi connectivity index (χ2n) is 2.84. The van der Waals surface area contributed by atoms with Gasteiger partial charge in [-0.15, -0.1) is 0 Å². The molecule has 0 aliphatic heterocycles.